The number of hydrogen-bond acceptors (Lipinski definition) is 3. The maximum atomic E-state index is 5.62. The molecule has 0 amide bonds. The molecule has 0 unspecified atom stereocenters. The van der Waals surface area contributed by atoms with Gasteiger partial charge in [-0.25, -0.2) is 4.98 Å². The number of aromatic nitrogens is 2. The molecule has 0 radical (unpaired) electrons. The van der Waals surface area contributed by atoms with E-state index in [9.17, 15) is 0 Å². The molecule has 0 bridgehead atoms. The van der Waals surface area contributed by atoms with Crippen LogP contribution in [0.15, 0.2) is 34.8 Å². The first-order valence-corrected chi connectivity index (χ1v) is 5.68. The zero-order valence-electron chi connectivity index (χ0n) is 9.07. The molecule has 0 aliphatic rings. The number of rotatable bonds is 2. The van der Waals surface area contributed by atoms with Gasteiger partial charge in [-0.1, -0.05) is 15.9 Å². The van der Waals surface area contributed by atoms with Crippen LogP contribution in [0.1, 0.15) is 11.5 Å². The van der Waals surface area contributed by atoms with Crippen molar-refractivity contribution in [3.8, 4) is 11.6 Å². The van der Waals surface area contributed by atoms with Crippen LogP contribution >= 0.6 is 15.9 Å². The van der Waals surface area contributed by atoms with Gasteiger partial charge in [0.15, 0.2) is 0 Å². The molecule has 2 aromatic rings. The van der Waals surface area contributed by atoms with Crippen LogP contribution in [0.5, 0.6) is 11.6 Å². The lowest BCUT2D eigenvalue weighted by Crippen LogP contribution is -1.94. The van der Waals surface area contributed by atoms with Crippen LogP contribution in [0.25, 0.3) is 0 Å². The molecule has 0 fully saturated rings. The summed E-state index contributed by atoms with van der Waals surface area (Å²) in [4.78, 5) is 8.40. The van der Waals surface area contributed by atoms with Gasteiger partial charge in [-0.3, -0.25) is 0 Å². The molecule has 0 saturated heterocycles. The molecular formula is C12H11BrN2O. The molecule has 3 nitrogen and oxygen atoms in total. The van der Waals surface area contributed by atoms with E-state index in [2.05, 4.69) is 25.9 Å². The summed E-state index contributed by atoms with van der Waals surface area (Å²) in [5.41, 5.74) is 0.902. The topological polar surface area (TPSA) is 35.0 Å². The fraction of sp³-hybridized carbons (Fsp3) is 0.167. The maximum absolute atomic E-state index is 5.62. The number of nitrogens with zero attached hydrogens (tertiary/aromatic N) is 2. The van der Waals surface area contributed by atoms with Crippen molar-refractivity contribution in [1.29, 1.82) is 0 Å². The molecule has 1 aromatic carbocycles. The Bertz CT molecular complexity index is 477. The van der Waals surface area contributed by atoms with E-state index in [1.165, 1.54) is 0 Å². The van der Waals surface area contributed by atoms with Crippen molar-refractivity contribution >= 4 is 15.9 Å². The fourth-order valence-corrected chi connectivity index (χ4v) is 1.62. The Hall–Kier alpha value is -1.42. The van der Waals surface area contributed by atoms with E-state index in [0.29, 0.717) is 11.7 Å². The van der Waals surface area contributed by atoms with Gasteiger partial charge in [-0.15, -0.1) is 0 Å². The predicted molar refractivity (Wildman–Crippen MR) is 65.7 cm³/mol. The number of hydrogen-bond donors (Lipinski definition) is 0. The lowest BCUT2D eigenvalue weighted by Gasteiger charge is -2.05. The first-order valence-electron chi connectivity index (χ1n) is 4.89. The van der Waals surface area contributed by atoms with E-state index in [0.717, 1.165) is 15.9 Å². The van der Waals surface area contributed by atoms with Gasteiger partial charge in [0.1, 0.15) is 11.6 Å². The van der Waals surface area contributed by atoms with E-state index in [1.54, 1.807) is 0 Å². The Kier molecular flexibility index (Phi) is 3.19. The third-order valence-electron chi connectivity index (χ3n) is 1.98. The van der Waals surface area contributed by atoms with Crippen LogP contribution in [0.2, 0.25) is 0 Å². The second-order valence-corrected chi connectivity index (χ2v) is 4.37. The molecule has 0 spiro atoms. The Morgan fingerprint density at radius 2 is 1.75 bits per heavy atom. The van der Waals surface area contributed by atoms with E-state index in [1.807, 2.05) is 44.2 Å². The second-order valence-electron chi connectivity index (χ2n) is 3.45. The van der Waals surface area contributed by atoms with Crippen molar-refractivity contribution in [3.63, 3.8) is 0 Å². The van der Waals surface area contributed by atoms with Gasteiger partial charge in [-0.2, -0.15) is 4.98 Å². The van der Waals surface area contributed by atoms with Crippen molar-refractivity contribution < 1.29 is 4.74 Å². The fourth-order valence-electron chi connectivity index (χ4n) is 1.36. The van der Waals surface area contributed by atoms with Crippen LogP contribution in [0.4, 0.5) is 0 Å². The molecule has 0 N–H and O–H groups in total. The molecule has 1 aromatic heterocycles. The first-order chi connectivity index (χ1) is 7.63. The lowest BCUT2D eigenvalue weighted by atomic mass is 10.3. The van der Waals surface area contributed by atoms with Crippen LogP contribution in [0.3, 0.4) is 0 Å². The average Bonchev–Trinajstić information content (AvgIpc) is 2.20. The standard InChI is InChI=1S/C12H11BrN2O/c1-8-7-12(15-9(2)14-8)16-11-5-3-10(13)4-6-11/h3-7H,1-2H3. The van der Waals surface area contributed by atoms with Crippen molar-refractivity contribution in [2.75, 3.05) is 0 Å². The first kappa shape index (κ1) is 11.1. The highest BCUT2D eigenvalue weighted by molar-refractivity contribution is 9.10. The van der Waals surface area contributed by atoms with Gasteiger partial charge < -0.3 is 4.74 Å². The summed E-state index contributed by atoms with van der Waals surface area (Å²) in [6.07, 6.45) is 0. The Labute approximate surface area is 103 Å². The number of halogens is 1. The van der Waals surface area contributed by atoms with Crippen LogP contribution in [-0.2, 0) is 0 Å². The van der Waals surface area contributed by atoms with E-state index in [-0.39, 0.29) is 0 Å². The Morgan fingerprint density at radius 3 is 2.38 bits per heavy atom. The third kappa shape index (κ3) is 2.79. The molecule has 0 aliphatic carbocycles. The zero-order valence-corrected chi connectivity index (χ0v) is 10.7. The summed E-state index contributed by atoms with van der Waals surface area (Å²) >= 11 is 3.37. The molecule has 82 valence electrons. The monoisotopic (exact) mass is 278 g/mol. The van der Waals surface area contributed by atoms with Crippen molar-refractivity contribution in [2.45, 2.75) is 13.8 Å². The highest BCUT2D eigenvalue weighted by Crippen LogP contribution is 2.21. The minimum Gasteiger partial charge on any atom is -0.439 e. The summed E-state index contributed by atoms with van der Waals surface area (Å²) in [6, 6.07) is 9.44. The number of benzene rings is 1. The zero-order chi connectivity index (χ0) is 11.5. The van der Waals surface area contributed by atoms with E-state index in [4.69, 9.17) is 4.74 Å². The van der Waals surface area contributed by atoms with Crippen molar-refractivity contribution in [3.05, 3.63) is 46.3 Å². The Balaban J connectivity index is 2.23. The molecule has 2 rings (SSSR count). The lowest BCUT2D eigenvalue weighted by molar-refractivity contribution is 0.459. The molecule has 0 atom stereocenters. The molecule has 16 heavy (non-hydrogen) atoms. The van der Waals surface area contributed by atoms with Crippen LogP contribution in [-0.4, -0.2) is 9.97 Å². The normalized spacial score (nSPS) is 10.2. The van der Waals surface area contributed by atoms with Gasteiger partial charge in [0.2, 0.25) is 5.88 Å². The minimum atomic E-state index is 0.576. The van der Waals surface area contributed by atoms with Gasteiger partial charge in [0.05, 0.1) is 0 Å². The van der Waals surface area contributed by atoms with Crippen LogP contribution in [0, 0.1) is 13.8 Å². The van der Waals surface area contributed by atoms with Gasteiger partial charge in [-0.05, 0) is 38.1 Å². The highest BCUT2D eigenvalue weighted by atomic mass is 79.9. The summed E-state index contributed by atoms with van der Waals surface area (Å²) in [7, 11) is 0. The molecule has 0 saturated carbocycles. The minimum absolute atomic E-state index is 0.576. The van der Waals surface area contributed by atoms with E-state index >= 15 is 0 Å². The van der Waals surface area contributed by atoms with Gasteiger partial charge >= 0.3 is 0 Å². The summed E-state index contributed by atoms with van der Waals surface area (Å²) in [6.45, 7) is 3.77. The summed E-state index contributed by atoms with van der Waals surface area (Å²) in [5.74, 6) is 2.06. The SMILES string of the molecule is Cc1cc(Oc2ccc(Br)cc2)nc(C)n1. The number of ether oxygens (including phenoxy) is 1. The molecule has 1 heterocycles. The molecule has 0 aliphatic heterocycles. The van der Waals surface area contributed by atoms with Crippen molar-refractivity contribution in [2.24, 2.45) is 0 Å². The van der Waals surface area contributed by atoms with E-state index < -0.39 is 0 Å². The smallest absolute Gasteiger partial charge is 0.222 e. The predicted octanol–water partition coefficient (Wildman–Crippen LogP) is 3.65. The van der Waals surface area contributed by atoms with Gasteiger partial charge in [0.25, 0.3) is 0 Å². The second kappa shape index (κ2) is 4.61. The average molecular weight is 279 g/mol. The van der Waals surface area contributed by atoms with Crippen molar-refractivity contribution in [1.82, 2.24) is 9.97 Å². The summed E-state index contributed by atoms with van der Waals surface area (Å²) < 4.78 is 6.65. The maximum Gasteiger partial charge on any atom is 0.222 e. The molecular weight excluding hydrogens is 268 g/mol. The van der Waals surface area contributed by atoms with Gasteiger partial charge in [0, 0.05) is 16.2 Å². The van der Waals surface area contributed by atoms with Crippen LogP contribution < -0.4 is 4.74 Å². The quantitative estimate of drug-likeness (QED) is 0.841. The highest BCUT2D eigenvalue weighted by Gasteiger charge is 2.01. The third-order valence-corrected chi connectivity index (χ3v) is 2.51. The largest absolute Gasteiger partial charge is 0.439 e. The number of aryl methyl sites for hydroxylation is 2. The Morgan fingerprint density at radius 1 is 1.06 bits per heavy atom. The molecule has 4 heteroatoms. The summed E-state index contributed by atoms with van der Waals surface area (Å²) in [5, 5.41) is 0.